The van der Waals surface area contributed by atoms with Gasteiger partial charge in [-0.2, -0.15) is 0 Å². The van der Waals surface area contributed by atoms with E-state index in [4.69, 9.17) is 20.4 Å². The van der Waals surface area contributed by atoms with Crippen LogP contribution in [-0.4, -0.2) is 62.7 Å². The van der Waals surface area contributed by atoms with Gasteiger partial charge in [-0.15, -0.1) is 13.2 Å². The zero-order chi connectivity index (χ0) is 19.6. The van der Waals surface area contributed by atoms with Gasteiger partial charge in [0.25, 0.3) is 0 Å². The van der Waals surface area contributed by atoms with Crippen LogP contribution in [0.4, 0.5) is 13.2 Å². The van der Waals surface area contributed by atoms with Crippen molar-refractivity contribution in [3.63, 3.8) is 0 Å². The molecule has 0 aromatic rings. The zero-order valence-corrected chi connectivity index (χ0v) is 15.4. The lowest BCUT2D eigenvalue weighted by Gasteiger charge is -2.30. The number of nitrogens with zero attached hydrogens (tertiary/aromatic N) is 3. The third-order valence-electron chi connectivity index (χ3n) is 2.70. The molecule has 0 radical (unpaired) electrons. The standard InChI is InChI=1S/C13H23F3N4O4S/c1-8(2)10(20(6-22-4)7-23-5)11(25-24-13(14,15)16)9(18-3)12(17)19-21/h8,21H,6-7H2,1-5H3,(H2,17,19)/b11-10-,18-9?. The van der Waals surface area contributed by atoms with Crippen molar-refractivity contribution in [3.8, 4) is 0 Å². The van der Waals surface area contributed by atoms with E-state index in [0.717, 1.165) is 0 Å². The van der Waals surface area contributed by atoms with Crippen molar-refractivity contribution < 1.29 is 32.0 Å². The smallest absolute Gasteiger partial charge is 0.409 e. The first-order valence-electron chi connectivity index (χ1n) is 6.97. The van der Waals surface area contributed by atoms with Gasteiger partial charge in [0.1, 0.15) is 19.2 Å². The third-order valence-corrected chi connectivity index (χ3v) is 3.54. The highest BCUT2D eigenvalue weighted by Crippen LogP contribution is 2.34. The number of allylic oxidation sites excluding steroid dienone is 1. The monoisotopic (exact) mass is 388 g/mol. The molecule has 0 amide bonds. The van der Waals surface area contributed by atoms with E-state index in [2.05, 4.69) is 14.3 Å². The maximum Gasteiger partial charge on any atom is 0.533 e. The molecule has 0 aliphatic carbocycles. The lowest BCUT2D eigenvalue weighted by molar-refractivity contribution is -0.266. The number of amidine groups is 1. The molecule has 0 aliphatic heterocycles. The molecule has 0 atom stereocenters. The molecule has 0 saturated heterocycles. The van der Waals surface area contributed by atoms with Crippen molar-refractivity contribution in [2.45, 2.75) is 20.2 Å². The van der Waals surface area contributed by atoms with Crippen molar-refractivity contribution in [2.24, 2.45) is 21.8 Å². The van der Waals surface area contributed by atoms with Crippen molar-refractivity contribution in [2.75, 3.05) is 34.7 Å². The fourth-order valence-corrected chi connectivity index (χ4v) is 2.83. The highest BCUT2D eigenvalue weighted by molar-refractivity contribution is 7.99. The molecule has 0 saturated carbocycles. The maximum atomic E-state index is 12.5. The van der Waals surface area contributed by atoms with Crippen molar-refractivity contribution in [1.82, 2.24) is 4.90 Å². The fraction of sp³-hybridized carbons (Fsp3) is 0.692. The number of alkyl halides is 3. The second-order valence-corrected chi connectivity index (χ2v) is 5.66. The fourth-order valence-electron chi connectivity index (χ4n) is 1.93. The number of hydrogen-bond acceptors (Lipinski definition) is 8. The van der Waals surface area contributed by atoms with Gasteiger partial charge in [-0.1, -0.05) is 19.0 Å². The van der Waals surface area contributed by atoms with Crippen molar-refractivity contribution in [1.29, 1.82) is 0 Å². The molecule has 0 aromatic heterocycles. The minimum absolute atomic E-state index is 0.0205. The first-order chi connectivity index (χ1) is 11.6. The molecular weight excluding hydrogens is 365 g/mol. The number of halogens is 3. The van der Waals surface area contributed by atoms with E-state index in [9.17, 15) is 13.2 Å². The van der Waals surface area contributed by atoms with Crippen LogP contribution in [0.3, 0.4) is 0 Å². The first-order valence-corrected chi connectivity index (χ1v) is 7.71. The minimum atomic E-state index is -4.89. The van der Waals surface area contributed by atoms with Gasteiger partial charge >= 0.3 is 6.36 Å². The molecule has 0 rings (SSSR count). The molecule has 25 heavy (non-hydrogen) atoms. The molecule has 8 nitrogen and oxygen atoms in total. The first kappa shape index (κ1) is 23.5. The normalized spacial score (nSPS) is 14.8. The number of nitrogens with two attached hydrogens (primary N) is 1. The zero-order valence-electron chi connectivity index (χ0n) is 14.6. The van der Waals surface area contributed by atoms with Crippen LogP contribution in [0.5, 0.6) is 0 Å². The summed E-state index contributed by atoms with van der Waals surface area (Å²) in [6.07, 6.45) is -4.89. The van der Waals surface area contributed by atoms with E-state index in [-0.39, 0.29) is 42.0 Å². The average Bonchev–Trinajstić information content (AvgIpc) is 2.51. The summed E-state index contributed by atoms with van der Waals surface area (Å²) in [5.74, 6) is -0.739. The molecule has 0 heterocycles. The number of oxime groups is 1. The average molecular weight is 388 g/mol. The summed E-state index contributed by atoms with van der Waals surface area (Å²) < 4.78 is 51.7. The molecule has 3 N–H and O–H groups in total. The van der Waals surface area contributed by atoms with E-state index in [0.29, 0.717) is 5.70 Å². The van der Waals surface area contributed by atoms with E-state index in [1.165, 1.54) is 21.3 Å². The van der Waals surface area contributed by atoms with Gasteiger partial charge in [-0.3, -0.25) is 4.99 Å². The highest BCUT2D eigenvalue weighted by Gasteiger charge is 2.34. The number of rotatable bonds is 10. The number of aliphatic imine (C=N–C) groups is 1. The Morgan fingerprint density at radius 3 is 2.08 bits per heavy atom. The van der Waals surface area contributed by atoms with Crippen LogP contribution >= 0.6 is 12.0 Å². The van der Waals surface area contributed by atoms with Crippen LogP contribution in [0.2, 0.25) is 0 Å². The lowest BCUT2D eigenvalue weighted by atomic mass is 10.1. The number of hydrogen-bond donors (Lipinski definition) is 2. The van der Waals surface area contributed by atoms with Gasteiger partial charge in [-0.05, 0) is 5.92 Å². The number of methoxy groups -OCH3 is 2. The van der Waals surface area contributed by atoms with Gasteiger partial charge in [0.2, 0.25) is 0 Å². The molecule has 0 spiro atoms. The Morgan fingerprint density at radius 2 is 1.76 bits per heavy atom. The highest BCUT2D eigenvalue weighted by atomic mass is 32.2. The largest absolute Gasteiger partial charge is 0.533 e. The molecule has 0 bridgehead atoms. The SMILES string of the molecule is CN=C(C(N)=NO)/C(SOC(F)(F)F)=C(\C(C)C)N(COC)COC. The van der Waals surface area contributed by atoms with Crippen LogP contribution < -0.4 is 5.73 Å². The molecule has 0 aromatic carbocycles. The van der Waals surface area contributed by atoms with E-state index < -0.39 is 12.2 Å². The Balaban J connectivity index is 6.31. The summed E-state index contributed by atoms with van der Waals surface area (Å²) in [4.78, 5) is 5.31. The molecular formula is C13H23F3N4O4S. The van der Waals surface area contributed by atoms with Crippen LogP contribution in [0.15, 0.2) is 20.8 Å². The Bertz CT molecular complexity index is 504. The van der Waals surface area contributed by atoms with Crippen LogP contribution in [-0.2, 0) is 13.7 Å². The Kier molecular flexibility index (Phi) is 10.5. The Hall–Kier alpha value is -1.50. The third kappa shape index (κ3) is 7.94. The quantitative estimate of drug-likeness (QED) is 0.148. The summed E-state index contributed by atoms with van der Waals surface area (Å²) in [6.45, 7) is 3.57. The topological polar surface area (TPSA) is 102 Å². The van der Waals surface area contributed by atoms with Gasteiger partial charge in [0.05, 0.1) is 4.91 Å². The van der Waals surface area contributed by atoms with Crippen LogP contribution in [0.25, 0.3) is 0 Å². The second-order valence-electron chi connectivity index (χ2n) is 4.91. The molecule has 0 unspecified atom stereocenters. The van der Waals surface area contributed by atoms with Crippen LogP contribution in [0.1, 0.15) is 13.8 Å². The molecule has 146 valence electrons. The van der Waals surface area contributed by atoms with Gasteiger partial charge in [0.15, 0.2) is 5.84 Å². The molecule has 0 aliphatic rings. The predicted octanol–water partition coefficient (Wildman–Crippen LogP) is 2.37. The summed E-state index contributed by atoms with van der Waals surface area (Å²) in [7, 11) is 4.16. The lowest BCUT2D eigenvalue weighted by Crippen LogP contribution is -2.34. The van der Waals surface area contributed by atoms with Gasteiger partial charge < -0.3 is 25.3 Å². The Morgan fingerprint density at radius 1 is 1.24 bits per heavy atom. The van der Waals surface area contributed by atoms with Gasteiger partial charge in [-0.25, -0.2) is 4.18 Å². The summed E-state index contributed by atoms with van der Waals surface area (Å²) in [5, 5.41) is 11.7. The summed E-state index contributed by atoms with van der Waals surface area (Å²) >= 11 is 0.0205. The van der Waals surface area contributed by atoms with Crippen molar-refractivity contribution in [3.05, 3.63) is 10.6 Å². The summed E-state index contributed by atoms with van der Waals surface area (Å²) in [5.41, 5.74) is 5.77. The van der Waals surface area contributed by atoms with E-state index in [1.54, 1.807) is 18.7 Å². The second kappa shape index (κ2) is 11.2. The molecule has 12 heteroatoms. The van der Waals surface area contributed by atoms with E-state index >= 15 is 0 Å². The summed E-state index contributed by atoms with van der Waals surface area (Å²) in [6, 6.07) is 0. The predicted molar refractivity (Wildman–Crippen MR) is 89.0 cm³/mol. The van der Waals surface area contributed by atoms with Crippen molar-refractivity contribution >= 4 is 23.6 Å². The minimum Gasteiger partial charge on any atom is -0.409 e. The van der Waals surface area contributed by atoms with E-state index in [1.807, 2.05) is 0 Å². The van der Waals surface area contributed by atoms with Gasteiger partial charge in [0, 0.05) is 39.0 Å². The Labute approximate surface area is 148 Å². The maximum absolute atomic E-state index is 12.5. The number of ether oxygens (including phenoxy) is 2. The van der Waals surface area contributed by atoms with Crippen LogP contribution in [0, 0.1) is 5.92 Å². The molecule has 0 fully saturated rings.